The monoisotopic (exact) mass is 782 g/mol. The van der Waals surface area contributed by atoms with Crippen molar-refractivity contribution in [3.05, 3.63) is 139 Å². The minimum absolute atomic E-state index is 0.0745. The van der Waals surface area contributed by atoms with E-state index in [9.17, 15) is 14.4 Å². The number of nitrogens with two attached hydrogens (primary N) is 1. The molecule has 55 heavy (non-hydrogen) atoms. The molecule has 1 aromatic heterocycles. The second-order valence-corrected chi connectivity index (χ2v) is 13.6. The van der Waals surface area contributed by atoms with Crippen LogP contribution in [0.3, 0.4) is 0 Å². The minimum Gasteiger partial charge on any atom is -0.464 e. The first-order valence-corrected chi connectivity index (χ1v) is 18.4. The van der Waals surface area contributed by atoms with E-state index in [2.05, 4.69) is 23.7 Å². The number of anilines is 2. The highest BCUT2D eigenvalue weighted by Gasteiger charge is 2.20. The van der Waals surface area contributed by atoms with Gasteiger partial charge in [0, 0.05) is 69.4 Å². The molecule has 0 aliphatic rings. The van der Waals surface area contributed by atoms with Crippen LogP contribution in [0, 0.1) is 26.9 Å². The van der Waals surface area contributed by atoms with Gasteiger partial charge in [0.1, 0.15) is 19.0 Å². The zero-order valence-corrected chi connectivity index (χ0v) is 32.4. The molecule has 1 unspecified atom stereocenters. The quantitative estimate of drug-likeness (QED) is 0.0818. The number of fused-ring (bicyclic) bond motifs is 1. The molecule has 1 amide bonds. The van der Waals surface area contributed by atoms with E-state index in [1.165, 1.54) is 13.8 Å². The van der Waals surface area contributed by atoms with Crippen LogP contribution in [0.15, 0.2) is 84.9 Å². The third-order valence-electron chi connectivity index (χ3n) is 8.91. The Bertz CT molecular complexity index is 2060. The fourth-order valence-electron chi connectivity index (χ4n) is 6.18. The molecule has 286 valence electrons. The Kier molecular flexibility index (Phi) is 14.5. The van der Waals surface area contributed by atoms with Gasteiger partial charge in [0.25, 0.3) is 0 Å². The number of hydrogen-bond acceptors (Lipinski definition) is 9. The maximum atomic E-state index is 12.3. The zero-order valence-electron chi connectivity index (χ0n) is 30.8. The number of amides is 1. The van der Waals surface area contributed by atoms with E-state index in [0.29, 0.717) is 36.2 Å². The van der Waals surface area contributed by atoms with Crippen LogP contribution in [0.2, 0.25) is 10.0 Å². The molecule has 11 nitrogen and oxygen atoms in total. The first-order valence-electron chi connectivity index (χ1n) is 17.7. The maximum absolute atomic E-state index is 12.3. The number of rotatable bonds is 19. The van der Waals surface area contributed by atoms with E-state index in [-0.39, 0.29) is 31.6 Å². The van der Waals surface area contributed by atoms with Gasteiger partial charge in [0.15, 0.2) is 0 Å². The number of carbonyl (C=O) groups is 3. The fourth-order valence-corrected chi connectivity index (χ4v) is 6.50. The Hall–Kier alpha value is -5.10. The second-order valence-electron chi connectivity index (χ2n) is 12.8. The lowest BCUT2D eigenvalue weighted by Gasteiger charge is -2.25. The van der Waals surface area contributed by atoms with E-state index < -0.39 is 11.9 Å². The highest BCUT2D eigenvalue weighted by Crippen LogP contribution is 2.32. The standard InChI is InChI=1S/C42H44Cl2N6O5/c1-5-48(6-2)34-15-10-32(11-16-34)42-47-39-24-33(12-18-40(39)50(42)27-31-9-17-36(43)37(44)23-31)38(25-41(45)53)46-26-30-7-13-35(14-8-30)49(19-21-54-28(3)51)20-22-55-29(4)52/h5-18,23-24,38,46H,1-2,19-22,25-27H2,3-4H3,(H2,45,53). The van der Waals surface area contributed by atoms with Gasteiger partial charge in [-0.1, -0.05) is 47.5 Å². The predicted octanol–water partition coefficient (Wildman–Crippen LogP) is 7.50. The smallest absolute Gasteiger partial charge is 0.302 e. The molecular weight excluding hydrogens is 739 g/mol. The number of esters is 2. The van der Waals surface area contributed by atoms with Crippen molar-refractivity contribution in [1.29, 1.82) is 0 Å². The van der Waals surface area contributed by atoms with Crippen LogP contribution in [-0.4, -0.2) is 53.7 Å². The number of imidazole rings is 1. The van der Waals surface area contributed by atoms with Gasteiger partial charge < -0.3 is 34.9 Å². The molecule has 5 aromatic rings. The van der Waals surface area contributed by atoms with Crippen molar-refractivity contribution < 1.29 is 23.9 Å². The van der Waals surface area contributed by atoms with Crippen LogP contribution in [0.5, 0.6) is 0 Å². The highest BCUT2D eigenvalue weighted by atomic mass is 35.5. The molecule has 5 rings (SSSR count). The lowest BCUT2D eigenvalue weighted by atomic mass is 10.0. The maximum Gasteiger partial charge on any atom is 0.302 e. The summed E-state index contributed by atoms with van der Waals surface area (Å²) in [5.41, 5.74) is 12.9. The van der Waals surface area contributed by atoms with Crippen molar-refractivity contribution >= 4 is 63.5 Å². The molecule has 0 saturated carbocycles. The molecule has 4 aromatic carbocycles. The average molecular weight is 784 g/mol. The van der Waals surface area contributed by atoms with Crippen LogP contribution in [0.4, 0.5) is 11.4 Å². The van der Waals surface area contributed by atoms with Gasteiger partial charge in [-0.2, -0.15) is 0 Å². The molecule has 0 spiro atoms. The summed E-state index contributed by atoms with van der Waals surface area (Å²) in [6.07, 6.45) is 0.0745. The van der Waals surface area contributed by atoms with Crippen molar-refractivity contribution in [2.45, 2.75) is 39.4 Å². The van der Waals surface area contributed by atoms with Crippen molar-refractivity contribution in [3.8, 4) is 11.4 Å². The van der Waals surface area contributed by atoms with E-state index in [1.807, 2.05) is 88.7 Å². The predicted molar refractivity (Wildman–Crippen MR) is 218 cm³/mol. The van der Waals surface area contributed by atoms with Gasteiger partial charge in [0.05, 0.1) is 34.2 Å². The molecule has 4 radical (unpaired) electrons. The van der Waals surface area contributed by atoms with Crippen molar-refractivity contribution in [2.24, 2.45) is 5.73 Å². The molecule has 0 fully saturated rings. The Morgan fingerprint density at radius 1 is 0.836 bits per heavy atom. The SMILES string of the molecule is [CH2][CH]N([CH][CH2])c1ccc(-c2nc3cc(C(CC(N)=O)NCc4ccc(N(CCOC(C)=O)CCOC(C)=O)cc4)ccc3n2Cc2ccc(Cl)c(Cl)c2)cc1. The third kappa shape index (κ3) is 11.2. The molecule has 1 atom stereocenters. The van der Waals surface area contributed by atoms with Gasteiger partial charge in [-0.25, -0.2) is 4.98 Å². The van der Waals surface area contributed by atoms with E-state index >= 15 is 0 Å². The normalized spacial score (nSPS) is 11.7. The van der Waals surface area contributed by atoms with Gasteiger partial charge in [-0.3, -0.25) is 14.4 Å². The third-order valence-corrected chi connectivity index (χ3v) is 9.65. The lowest BCUT2D eigenvalue weighted by Crippen LogP contribution is -2.32. The summed E-state index contributed by atoms with van der Waals surface area (Å²) in [4.78, 5) is 43.9. The first kappa shape index (κ1) is 41.1. The van der Waals surface area contributed by atoms with Crippen molar-refractivity contribution in [1.82, 2.24) is 14.9 Å². The van der Waals surface area contributed by atoms with Crippen LogP contribution in [0.25, 0.3) is 22.4 Å². The van der Waals surface area contributed by atoms with Crippen molar-refractivity contribution in [3.63, 3.8) is 0 Å². The van der Waals surface area contributed by atoms with Gasteiger partial charge >= 0.3 is 11.9 Å². The number of halogens is 2. The van der Waals surface area contributed by atoms with Crippen LogP contribution in [0.1, 0.15) is 43.0 Å². The largest absolute Gasteiger partial charge is 0.464 e. The van der Waals surface area contributed by atoms with Gasteiger partial charge in [-0.05, 0) is 91.2 Å². The summed E-state index contributed by atoms with van der Waals surface area (Å²) in [5.74, 6) is -0.415. The molecular formula is C42H44Cl2N6O5. The number of carbonyl (C=O) groups excluding carboxylic acids is 3. The summed E-state index contributed by atoms with van der Waals surface area (Å²) in [6, 6.07) is 27.0. The van der Waals surface area contributed by atoms with E-state index in [0.717, 1.165) is 50.5 Å². The summed E-state index contributed by atoms with van der Waals surface area (Å²) in [7, 11) is 0. The number of primary amides is 1. The van der Waals surface area contributed by atoms with Crippen LogP contribution >= 0.6 is 23.2 Å². The van der Waals surface area contributed by atoms with E-state index in [1.54, 1.807) is 19.2 Å². The van der Waals surface area contributed by atoms with Crippen LogP contribution in [-0.2, 0) is 36.9 Å². The molecule has 0 bridgehead atoms. The Labute approximate surface area is 332 Å². The Balaban J connectivity index is 1.41. The lowest BCUT2D eigenvalue weighted by molar-refractivity contribution is -0.141. The molecule has 13 heteroatoms. The second kappa shape index (κ2) is 19.5. The number of nitrogens with one attached hydrogen (secondary N) is 1. The number of nitrogens with zero attached hydrogens (tertiary/aromatic N) is 4. The fraction of sp³-hybridized carbons (Fsp3) is 0.238. The molecule has 0 aliphatic carbocycles. The Morgan fingerprint density at radius 2 is 1.45 bits per heavy atom. The number of benzene rings is 4. The summed E-state index contributed by atoms with van der Waals surface area (Å²) >= 11 is 12.6. The molecule has 1 heterocycles. The summed E-state index contributed by atoms with van der Waals surface area (Å²) < 4.78 is 12.4. The Morgan fingerprint density at radius 3 is 2.04 bits per heavy atom. The molecule has 0 aliphatic heterocycles. The topological polar surface area (TPSA) is 132 Å². The average Bonchev–Trinajstić information content (AvgIpc) is 3.52. The van der Waals surface area contributed by atoms with Gasteiger partial charge in [0.2, 0.25) is 5.91 Å². The zero-order chi connectivity index (χ0) is 39.5. The van der Waals surface area contributed by atoms with E-state index in [4.69, 9.17) is 43.4 Å². The summed E-state index contributed by atoms with van der Waals surface area (Å²) in [6.45, 7) is 16.0. The van der Waals surface area contributed by atoms with Crippen molar-refractivity contribution in [2.75, 3.05) is 36.1 Å². The van der Waals surface area contributed by atoms with Crippen LogP contribution < -0.4 is 20.9 Å². The van der Waals surface area contributed by atoms with Gasteiger partial charge in [-0.15, -0.1) is 0 Å². The number of aromatic nitrogens is 2. The number of hydrogen-bond donors (Lipinski definition) is 2. The summed E-state index contributed by atoms with van der Waals surface area (Å²) in [5, 5.41) is 4.46. The molecule has 0 saturated heterocycles. The first-order chi connectivity index (χ1) is 26.4. The number of ether oxygens (including phenoxy) is 2. The highest BCUT2D eigenvalue weighted by molar-refractivity contribution is 6.42. The minimum atomic E-state index is -0.442. The molecule has 3 N–H and O–H groups in total.